The van der Waals surface area contributed by atoms with E-state index in [0.717, 1.165) is 51.9 Å². The van der Waals surface area contributed by atoms with E-state index >= 15 is 0 Å². The first-order chi connectivity index (χ1) is 16.4. The number of nitrogens with zero attached hydrogens (tertiary/aromatic N) is 5. The number of aryl methyl sites for hydroxylation is 2. The largest absolute Gasteiger partial charge is 0.508 e. The molecule has 0 bridgehead atoms. The van der Waals surface area contributed by atoms with Gasteiger partial charge in [0.15, 0.2) is 0 Å². The van der Waals surface area contributed by atoms with Crippen molar-refractivity contribution >= 4 is 33.7 Å². The third kappa shape index (κ3) is 3.88. The lowest BCUT2D eigenvalue weighted by Gasteiger charge is -2.21. The Morgan fingerprint density at radius 1 is 1.24 bits per heavy atom. The van der Waals surface area contributed by atoms with Crippen LogP contribution in [0.25, 0.3) is 21.3 Å². The monoisotopic (exact) mass is 477 g/mol. The number of phenols is 1. The predicted molar refractivity (Wildman–Crippen MR) is 135 cm³/mol. The van der Waals surface area contributed by atoms with Gasteiger partial charge in [-0.15, -0.1) is 10.2 Å². The Morgan fingerprint density at radius 3 is 2.76 bits per heavy atom. The van der Waals surface area contributed by atoms with Crippen molar-refractivity contribution in [2.45, 2.75) is 33.2 Å². The number of phenolic OH excluding ortho intramolecular Hbond substituents is 1. The number of likely N-dealkylation sites (N-methyl/N-ethyl adjacent to an activating group) is 1. The third-order valence-electron chi connectivity index (χ3n) is 6.30. The first-order valence-corrected chi connectivity index (χ1v) is 12.0. The Morgan fingerprint density at radius 2 is 2.06 bits per heavy atom. The number of fused-ring (bicyclic) bond motifs is 1. The molecule has 4 N–H and O–H groups in total. The molecule has 0 unspecified atom stereocenters. The Labute approximate surface area is 201 Å². The molecule has 0 aliphatic carbocycles. The number of aromatic nitrogens is 4. The number of aromatic hydroxyl groups is 1. The molecule has 9 nitrogen and oxygen atoms in total. The van der Waals surface area contributed by atoms with Gasteiger partial charge >= 0.3 is 0 Å². The van der Waals surface area contributed by atoms with E-state index in [0.29, 0.717) is 34.4 Å². The topological polar surface area (TPSA) is 122 Å². The lowest BCUT2D eigenvalue weighted by Crippen LogP contribution is -2.29. The van der Waals surface area contributed by atoms with Crippen molar-refractivity contribution in [2.24, 2.45) is 0 Å². The molecule has 0 amide bonds. The molecule has 1 aliphatic rings. The summed E-state index contributed by atoms with van der Waals surface area (Å²) >= 11 is 1.50. The predicted octanol–water partition coefficient (Wildman–Crippen LogP) is 3.95. The summed E-state index contributed by atoms with van der Waals surface area (Å²) in [6, 6.07) is 5.91. The number of nitrogens with one attached hydrogen (secondary N) is 1. The van der Waals surface area contributed by atoms with Gasteiger partial charge in [0.05, 0.1) is 5.39 Å². The lowest BCUT2D eigenvalue weighted by molar-refractivity contribution is 0.440. The second-order valence-electron chi connectivity index (χ2n) is 8.57. The fraction of sp³-hybridized carbons (Fsp3) is 0.333. The van der Waals surface area contributed by atoms with Crippen LogP contribution in [-0.2, 0) is 0 Å². The van der Waals surface area contributed by atoms with E-state index in [4.69, 9.17) is 15.5 Å². The molecule has 176 valence electrons. The maximum Gasteiger partial charge on any atom is 0.232 e. The fourth-order valence-corrected chi connectivity index (χ4v) is 5.04. The van der Waals surface area contributed by atoms with Crippen LogP contribution in [-0.4, -0.2) is 51.5 Å². The Hall–Kier alpha value is -3.50. The van der Waals surface area contributed by atoms with Gasteiger partial charge in [-0.25, -0.2) is 4.98 Å². The minimum absolute atomic E-state index is 0.161. The number of rotatable bonds is 5. The van der Waals surface area contributed by atoms with Crippen molar-refractivity contribution in [3.63, 3.8) is 0 Å². The summed E-state index contributed by atoms with van der Waals surface area (Å²) in [5.74, 6) is 2.18. The maximum absolute atomic E-state index is 10.3. The van der Waals surface area contributed by atoms with Gasteiger partial charge in [0.2, 0.25) is 5.88 Å². The Kier molecular flexibility index (Phi) is 5.70. The van der Waals surface area contributed by atoms with E-state index in [-0.39, 0.29) is 5.75 Å². The van der Waals surface area contributed by atoms with Crippen LogP contribution in [0.1, 0.15) is 22.6 Å². The van der Waals surface area contributed by atoms with Crippen molar-refractivity contribution in [1.82, 2.24) is 25.5 Å². The third-order valence-corrected chi connectivity index (χ3v) is 7.17. The van der Waals surface area contributed by atoms with E-state index in [1.165, 1.54) is 11.3 Å². The number of nitrogen functional groups attached to an aromatic ring is 1. The molecule has 4 heterocycles. The number of anilines is 2. The van der Waals surface area contributed by atoms with Crippen molar-refractivity contribution in [1.29, 1.82) is 0 Å². The van der Waals surface area contributed by atoms with Crippen LogP contribution in [0, 0.1) is 20.8 Å². The highest BCUT2D eigenvalue weighted by atomic mass is 32.1. The van der Waals surface area contributed by atoms with Gasteiger partial charge in [0.1, 0.15) is 33.1 Å². The van der Waals surface area contributed by atoms with E-state index < -0.39 is 0 Å². The molecule has 4 aromatic rings. The Balaban J connectivity index is 1.74. The lowest BCUT2D eigenvalue weighted by atomic mass is 10.1. The second kappa shape index (κ2) is 8.69. The molecule has 1 atom stereocenters. The van der Waals surface area contributed by atoms with Crippen LogP contribution in [0.5, 0.6) is 17.4 Å². The summed E-state index contributed by atoms with van der Waals surface area (Å²) in [5.41, 5.74) is 8.73. The molecule has 34 heavy (non-hydrogen) atoms. The van der Waals surface area contributed by atoms with Crippen LogP contribution in [0.4, 0.5) is 11.6 Å². The smallest absolute Gasteiger partial charge is 0.232 e. The molecule has 0 saturated carbocycles. The number of pyridine rings is 2. The van der Waals surface area contributed by atoms with E-state index in [1.54, 1.807) is 12.3 Å². The molecule has 1 aliphatic heterocycles. The average molecular weight is 478 g/mol. The van der Waals surface area contributed by atoms with Gasteiger partial charge in [-0.2, -0.15) is 4.98 Å². The first kappa shape index (κ1) is 22.3. The molecule has 10 heteroatoms. The van der Waals surface area contributed by atoms with Gasteiger partial charge in [-0.3, -0.25) is 0 Å². The highest BCUT2D eigenvalue weighted by Gasteiger charge is 2.26. The molecule has 1 aromatic carbocycles. The quantitative estimate of drug-likeness (QED) is 0.392. The second-order valence-corrected chi connectivity index (χ2v) is 9.75. The molecule has 1 fully saturated rings. The molecule has 3 aromatic heterocycles. The van der Waals surface area contributed by atoms with Crippen LogP contribution in [0.3, 0.4) is 0 Å². The van der Waals surface area contributed by atoms with Crippen molar-refractivity contribution in [2.75, 3.05) is 30.8 Å². The molecule has 0 radical (unpaired) electrons. The highest BCUT2D eigenvalue weighted by Crippen LogP contribution is 2.42. The van der Waals surface area contributed by atoms with E-state index in [9.17, 15) is 5.11 Å². The average Bonchev–Trinajstić information content (AvgIpc) is 3.48. The summed E-state index contributed by atoms with van der Waals surface area (Å²) in [4.78, 5) is 11.6. The standard InChI is InChI=1S/C24H27N7O2S/c1-12-5-6-18(32)13(2)21(12)33-23-20-16(9-19(28-23)31-8-7-15(11-31)26-4)17(10-27-22(20)25)24-30-29-14(3)34-24/h5-6,9-10,15,26,32H,7-8,11H2,1-4H3,(H2,25,27)/t15-/m1/s1. The van der Waals surface area contributed by atoms with Crippen LogP contribution in [0.2, 0.25) is 0 Å². The highest BCUT2D eigenvalue weighted by molar-refractivity contribution is 7.14. The molecule has 1 saturated heterocycles. The molecular formula is C24H27N7O2S. The van der Waals surface area contributed by atoms with Gasteiger partial charge in [0, 0.05) is 41.8 Å². The molecule has 5 rings (SSSR count). The minimum Gasteiger partial charge on any atom is -0.508 e. The number of nitrogens with two attached hydrogens (primary N) is 1. The van der Waals surface area contributed by atoms with Gasteiger partial charge in [0.25, 0.3) is 0 Å². The Bertz CT molecular complexity index is 1390. The zero-order valence-electron chi connectivity index (χ0n) is 19.6. The maximum atomic E-state index is 10.3. The number of ether oxygens (including phenoxy) is 1. The van der Waals surface area contributed by atoms with Crippen LogP contribution in [0.15, 0.2) is 24.4 Å². The van der Waals surface area contributed by atoms with Crippen LogP contribution >= 0.6 is 11.3 Å². The normalized spacial score (nSPS) is 15.9. The summed E-state index contributed by atoms with van der Waals surface area (Å²) < 4.78 is 6.40. The number of hydrogen-bond donors (Lipinski definition) is 3. The summed E-state index contributed by atoms with van der Waals surface area (Å²) in [5, 5.41) is 25.3. The van der Waals surface area contributed by atoms with Crippen LogP contribution < -0.4 is 20.7 Å². The van der Waals surface area contributed by atoms with Gasteiger partial charge in [-0.05, 0) is 51.9 Å². The minimum atomic E-state index is 0.161. The molecule has 0 spiro atoms. The summed E-state index contributed by atoms with van der Waals surface area (Å²) in [6.07, 6.45) is 2.76. The molecular weight excluding hydrogens is 450 g/mol. The van der Waals surface area contributed by atoms with Gasteiger partial charge in [-0.1, -0.05) is 17.4 Å². The summed E-state index contributed by atoms with van der Waals surface area (Å²) in [6.45, 7) is 7.39. The van der Waals surface area contributed by atoms with Gasteiger partial charge < -0.3 is 25.8 Å². The zero-order valence-corrected chi connectivity index (χ0v) is 20.4. The van der Waals surface area contributed by atoms with E-state index in [1.807, 2.05) is 40.0 Å². The number of benzene rings is 1. The first-order valence-electron chi connectivity index (χ1n) is 11.1. The van der Waals surface area contributed by atoms with E-state index in [2.05, 4.69) is 25.4 Å². The number of hydrogen-bond acceptors (Lipinski definition) is 10. The zero-order chi connectivity index (χ0) is 24.0. The van der Waals surface area contributed by atoms with Crippen molar-refractivity contribution in [3.05, 3.63) is 40.5 Å². The fourth-order valence-electron chi connectivity index (χ4n) is 4.32. The summed E-state index contributed by atoms with van der Waals surface area (Å²) in [7, 11) is 1.98. The van der Waals surface area contributed by atoms with Crippen molar-refractivity contribution < 1.29 is 9.84 Å². The SMILES string of the molecule is CN[C@@H]1CCN(c2cc3c(-c4nnc(C)s4)cnc(N)c3c(Oc3c(C)ccc(O)c3C)n2)C1. The van der Waals surface area contributed by atoms with Crippen molar-refractivity contribution in [3.8, 4) is 28.0 Å².